The molecule has 0 aliphatic carbocycles. The normalized spacial score (nSPS) is 11.3. The summed E-state index contributed by atoms with van der Waals surface area (Å²) in [5.41, 5.74) is 6.11. The van der Waals surface area contributed by atoms with E-state index < -0.39 is 15.7 Å². The molecule has 0 aliphatic rings. The van der Waals surface area contributed by atoms with Crippen LogP contribution in [0.4, 0.5) is 15.8 Å². The number of hydrogen-bond donors (Lipinski definition) is 2. The first kappa shape index (κ1) is 16.8. The lowest BCUT2D eigenvalue weighted by Crippen LogP contribution is -2.14. The van der Waals surface area contributed by atoms with Gasteiger partial charge in [-0.1, -0.05) is 0 Å². The highest BCUT2D eigenvalue weighted by Crippen LogP contribution is 2.19. The first-order valence-corrected chi connectivity index (χ1v) is 9.10. The first-order valence-electron chi connectivity index (χ1n) is 5.88. The molecule has 20 heavy (non-hydrogen) atoms. The van der Waals surface area contributed by atoms with Gasteiger partial charge in [-0.25, -0.2) is 12.8 Å². The zero-order valence-electron chi connectivity index (χ0n) is 11.1. The van der Waals surface area contributed by atoms with Gasteiger partial charge in [0.15, 0.2) is 0 Å². The lowest BCUT2D eigenvalue weighted by molar-refractivity contribution is -0.115. The molecule has 0 aromatic heterocycles. The highest BCUT2D eigenvalue weighted by Gasteiger charge is 2.07. The van der Waals surface area contributed by atoms with Gasteiger partial charge >= 0.3 is 0 Å². The summed E-state index contributed by atoms with van der Waals surface area (Å²) in [6, 6.07) is 3.75. The largest absolute Gasteiger partial charge is 0.397 e. The zero-order valence-corrected chi connectivity index (χ0v) is 12.7. The van der Waals surface area contributed by atoms with Gasteiger partial charge in [0.05, 0.1) is 17.1 Å². The van der Waals surface area contributed by atoms with Crippen molar-refractivity contribution >= 4 is 38.9 Å². The fraction of sp³-hybridized carbons (Fsp3) is 0.417. The molecule has 0 saturated heterocycles. The average molecular weight is 320 g/mol. The molecule has 0 bridgehead atoms. The van der Waals surface area contributed by atoms with Crippen molar-refractivity contribution in [3.63, 3.8) is 0 Å². The summed E-state index contributed by atoms with van der Waals surface area (Å²) >= 11 is 1.39. The van der Waals surface area contributed by atoms with Crippen molar-refractivity contribution in [1.82, 2.24) is 0 Å². The third-order valence-electron chi connectivity index (χ3n) is 2.36. The molecule has 0 unspecified atom stereocenters. The van der Waals surface area contributed by atoms with E-state index in [-0.39, 0.29) is 23.8 Å². The second kappa shape index (κ2) is 7.49. The number of nitrogens with two attached hydrogens (primary N) is 1. The molecule has 0 atom stereocenters. The lowest BCUT2D eigenvalue weighted by Gasteiger charge is -2.08. The summed E-state index contributed by atoms with van der Waals surface area (Å²) < 4.78 is 34.6. The number of halogens is 1. The molecule has 0 saturated carbocycles. The first-order chi connectivity index (χ1) is 9.28. The predicted molar refractivity (Wildman–Crippen MR) is 81.1 cm³/mol. The van der Waals surface area contributed by atoms with E-state index >= 15 is 0 Å². The van der Waals surface area contributed by atoms with E-state index in [2.05, 4.69) is 5.32 Å². The Morgan fingerprint density at radius 3 is 2.70 bits per heavy atom. The molecule has 0 fully saturated rings. The van der Waals surface area contributed by atoms with Crippen LogP contribution >= 0.6 is 11.8 Å². The maximum Gasteiger partial charge on any atom is 0.225 e. The van der Waals surface area contributed by atoms with Gasteiger partial charge in [0.2, 0.25) is 5.91 Å². The number of carbonyl (C=O) groups excluding carboxylic acids is 1. The van der Waals surface area contributed by atoms with Crippen molar-refractivity contribution in [2.75, 3.05) is 34.6 Å². The third kappa shape index (κ3) is 6.76. The Bertz CT molecular complexity index is 576. The summed E-state index contributed by atoms with van der Waals surface area (Å²) in [6.07, 6.45) is 1.42. The van der Waals surface area contributed by atoms with Crippen molar-refractivity contribution in [2.24, 2.45) is 0 Å². The minimum absolute atomic E-state index is 0.101. The van der Waals surface area contributed by atoms with E-state index in [9.17, 15) is 17.6 Å². The Morgan fingerprint density at radius 2 is 2.10 bits per heavy atom. The number of rotatable bonds is 7. The van der Waals surface area contributed by atoms with Gasteiger partial charge in [-0.2, -0.15) is 11.8 Å². The monoisotopic (exact) mass is 320 g/mol. The molecular formula is C12H17FN2O3S2. The van der Waals surface area contributed by atoms with Crippen LogP contribution in [-0.4, -0.2) is 37.8 Å². The van der Waals surface area contributed by atoms with Crippen LogP contribution in [0.15, 0.2) is 18.2 Å². The van der Waals surface area contributed by atoms with E-state index in [0.29, 0.717) is 17.2 Å². The molecule has 8 heteroatoms. The fourth-order valence-electron chi connectivity index (χ4n) is 1.34. The zero-order chi connectivity index (χ0) is 15.2. The van der Waals surface area contributed by atoms with E-state index in [1.54, 1.807) is 0 Å². The Morgan fingerprint density at radius 1 is 1.40 bits per heavy atom. The summed E-state index contributed by atoms with van der Waals surface area (Å²) in [5, 5.41) is 2.58. The minimum atomic E-state index is -2.96. The molecule has 1 aromatic carbocycles. The van der Waals surface area contributed by atoms with E-state index in [1.165, 1.54) is 30.2 Å². The number of nitrogen functional groups attached to an aromatic ring is 1. The summed E-state index contributed by atoms with van der Waals surface area (Å²) in [4.78, 5) is 11.6. The van der Waals surface area contributed by atoms with Gasteiger partial charge in [-0.05, 0) is 18.2 Å². The minimum Gasteiger partial charge on any atom is -0.397 e. The number of anilines is 2. The SMILES string of the molecule is CS(=O)(=O)CCSCCC(=O)Nc1ccc(F)cc1N. The third-order valence-corrected chi connectivity index (χ3v) is 4.55. The molecule has 1 rings (SSSR count). The van der Waals surface area contributed by atoms with Crippen molar-refractivity contribution in [3.05, 3.63) is 24.0 Å². The van der Waals surface area contributed by atoms with Gasteiger partial charge in [0, 0.05) is 24.2 Å². The van der Waals surface area contributed by atoms with Crippen LogP contribution in [0.3, 0.4) is 0 Å². The molecule has 0 radical (unpaired) electrons. The summed E-state index contributed by atoms with van der Waals surface area (Å²) in [6.45, 7) is 0. The molecule has 0 aliphatic heterocycles. The molecule has 0 spiro atoms. The Labute approximate surface area is 122 Å². The second-order valence-electron chi connectivity index (χ2n) is 4.27. The molecule has 1 aromatic rings. The van der Waals surface area contributed by atoms with Gasteiger partial charge in [0.25, 0.3) is 0 Å². The van der Waals surface area contributed by atoms with Crippen LogP contribution < -0.4 is 11.1 Å². The van der Waals surface area contributed by atoms with Crippen LogP contribution in [0.25, 0.3) is 0 Å². The van der Waals surface area contributed by atoms with Crippen LogP contribution in [0.2, 0.25) is 0 Å². The van der Waals surface area contributed by atoms with E-state index in [4.69, 9.17) is 5.73 Å². The van der Waals surface area contributed by atoms with Crippen molar-refractivity contribution in [3.8, 4) is 0 Å². The van der Waals surface area contributed by atoms with Crippen LogP contribution in [0.5, 0.6) is 0 Å². The Balaban J connectivity index is 2.30. The Hall–Kier alpha value is -1.28. The average Bonchev–Trinajstić information content (AvgIpc) is 2.31. The molecule has 3 N–H and O–H groups in total. The number of sulfone groups is 1. The van der Waals surface area contributed by atoms with Crippen LogP contribution in [0, 0.1) is 5.82 Å². The van der Waals surface area contributed by atoms with Gasteiger partial charge in [0.1, 0.15) is 15.7 Å². The van der Waals surface area contributed by atoms with Crippen molar-refractivity contribution < 1.29 is 17.6 Å². The quantitative estimate of drug-likeness (QED) is 0.587. The van der Waals surface area contributed by atoms with Crippen molar-refractivity contribution in [2.45, 2.75) is 6.42 Å². The summed E-state index contributed by atoms with van der Waals surface area (Å²) in [5.74, 6) is 0.379. The Kier molecular flexibility index (Phi) is 6.28. The number of benzene rings is 1. The molecule has 1 amide bonds. The smallest absolute Gasteiger partial charge is 0.225 e. The lowest BCUT2D eigenvalue weighted by atomic mass is 10.2. The molecular weight excluding hydrogens is 303 g/mol. The maximum absolute atomic E-state index is 12.8. The molecule has 112 valence electrons. The fourth-order valence-corrected chi connectivity index (χ4v) is 3.55. The van der Waals surface area contributed by atoms with Gasteiger partial charge in [-0.15, -0.1) is 0 Å². The second-order valence-corrected chi connectivity index (χ2v) is 7.76. The number of nitrogens with one attached hydrogen (secondary N) is 1. The number of carbonyl (C=O) groups is 1. The van der Waals surface area contributed by atoms with Crippen LogP contribution in [0.1, 0.15) is 6.42 Å². The summed E-state index contributed by atoms with van der Waals surface area (Å²) in [7, 11) is -2.96. The van der Waals surface area contributed by atoms with Crippen molar-refractivity contribution in [1.29, 1.82) is 0 Å². The molecule has 0 heterocycles. The maximum atomic E-state index is 12.8. The van der Waals surface area contributed by atoms with E-state index in [0.717, 1.165) is 6.07 Å². The predicted octanol–water partition coefficient (Wildman–Crippen LogP) is 1.51. The highest BCUT2D eigenvalue weighted by atomic mass is 32.2. The number of hydrogen-bond acceptors (Lipinski definition) is 5. The highest BCUT2D eigenvalue weighted by molar-refractivity contribution is 8.00. The number of thioether (sulfide) groups is 1. The van der Waals surface area contributed by atoms with Gasteiger partial charge in [-0.3, -0.25) is 4.79 Å². The topological polar surface area (TPSA) is 89.3 Å². The number of amides is 1. The standard InChI is InChI=1S/C12H17FN2O3S2/c1-20(17,18)7-6-19-5-4-12(16)15-11-3-2-9(13)8-10(11)14/h2-3,8H,4-7,14H2,1H3,(H,15,16). The molecule has 5 nitrogen and oxygen atoms in total. The van der Waals surface area contributed by atoms with E-state index in [1.807, 2.05) is 0 Å². The van der Waals surface area contributed by atoms with Gasteiger partial charge < -0.3 is 11.1 Å². The van der Waals surface area contributed by atoms with Crippen LogP contribution in [-0.2, 0) is 14.6 Å².